The SMILES string of the molecule is Cc1cc(C)c(B(c2ccc(C(C)C)c(B(c3ccccc3)c3cc(B(c4c(C)cc(C)cc4C)c4c(C)cc(C)cc4C)ccc3C(C)C)c2)c2c(C)cc(C)cc2C)c(C)c1. The van der Waals surface area contributed by atoms with Crippen molar-refractivity contribution in [3.8, 4) is 0 Å². The van der Waals surface area contributed by atoms with Crippen LogP contribution >= 0.6 is 0 Å². The lowest BCUT2D eigenvalue weighted by molar-refractivity contribution is 0.871. The Morgan fingerprint density at radius 3 is 0.810 bits per heavy atom. The van der Waals surface area contributed by atoms with E-state index in [4.69, 9.17) is 0 Å². The smallest absolute Gasteiger partial charge is 0.0714 e. The molecule has 63 heavy (non-hydrogen) atoms. The highest BCUT2D eigenvalue weighted by atomic mass is 14.2. The van der Waals surface area contributed by atoms with Crippen LogP contribution in [0.1, 0.15) is 117 Å². The summed E-state index contributed by atoms with van der Waals surface area (Å²) in [4.78, 5) is 0. The van der Waals surface area contributed by atoms with Crippen molar-refractivity contribution in [1.29, 1.82) is 0 Å². The van der Waals surface area contributed by atoms with Gasteiger partial charge in [-0.25, -0.2) is 0 Å². The van der Waals surface area contributed by atoms with E-state index in [9.17, 15) is 0 Å². The molecule has 0 saturated heterocycles. The van der Waals surface area contributed by atoms with E-state index in [1.807, 2.05) is 0 Å². The Kier molecular flexibility index (Phi) is 13.4. The minimum atomic E-state index is 0.0167. The zero-order valence-electron chi connectivity index (χ0n) is 41.4. The Labute approximate surface area is 383 Å². The average molecular weight is 823 g/mol. The van der Waals surface area contributed by atoms with Crippen LogP contribution in [0.4, 0.5) is 0 Å². The van der Waals surface area contributed by atoms with Crippen molar-refractivity contribution in [3.05, 3.63) is 193 Å². The summed E-state index contributed by atoms with van der Waals surface area (Å²) in [7, 11) is 0. The summed E-state index contributed by atoms with van der Waals surface area (Å²) in [5, 5.41) is 0. The molecule has 0 nitrogen and oxygen atoms in total. The van der Waals surface area contributed by atoms with Gasteiger partial charge in [0.15, 0.2) is 0 Å². The molecule has 0 aliphatic rings. The third-order valence-corrected chi connectivity index (χ3v) is 14.0. The highest BCUT2D eigenvalue weighted by Gasteiger charge is 2.35. The molecule has 7 aromatic carbocycles. The van der Waals surface area contributed by atoms with Gasteiger partial charge in [-0.1, -0.05) is 270 Å². The molecule has 0 amide bonds. The molecule has 3 heteroatoms. The number of hydrogen-bond donors (Lipinski definition) is 0. The molecule has 0 saturated carbocycles. The van der Waals surface area contributed by atoms with Crippen LogP contribution < -0.4 is 49.2 Å². The van der Waals surface area contributed by atoms with Crippen LogP contribution in [0.15, 0.2) is 115 Å². The summed E-state index contributed by atoms with van der Waals surface area (Å²) in [6.07, 6.45) is 0. The minimum Gasteiger partial charge on any atom is -0.0714 e. The maximum absolute atomic E-state index is 2.63. The van der Waals surface area contributed by atoms with Gasteiger partial charge in [-0.15, -0.1) is 0 Å². The number of rotatable bonds is 11. The monoisotopic (exact) mass is 823 g/mol. The highest BCUT2D eigenvalue weighted by Crippen LogP contribution is 2.20. The molecule has 7 aromatic rings. The molecule has 0 heterocycles. The van der Waals surface area contributed by atoms with E-state index in [2.05, 4.69) is 226 Å². The molecule has 0 atom stereocenters. The van der Waals surface area contributed by atoms with Gasteiger partial charge < -0.3 is 0 Å². The lowest BCUT2D eigenvalue weighted by atomic mass is 9.30. The topological polar surface area (TPSA) is 0 Å². The fourth-order valence-electron chi connectivity index (χ4n) is 11.8. The summed E-state index contributed by atoms with van der Waals surface area (Å²) in [5.74, 6) is 0.664. The fourth-order valence-corrected chi connectivity index (χ4v) is 11.8. The predicted octanol–water partition coefficient (Wildman–Crippen LogP) is 9.18. The summed E-state index contributed by atoms with van der Waals surface area (Å²) in [5.41, 5.74) is 31.5. The van der Waals surface area contributed by atoms with Crippen molar-refractivity contribution in [3.63, 3.8) is 0 Å². The molecule has 0 spiro atoms. The average Bonchev–Trinajstić information content (AvgIpc) is 3.18. The predicted molar refractivity (Wildman–Crippen MR) is 284 cm³/mol. The first kappa shape index (κ1) is 45.7. The first-order chi connectivity index (χ1) is 29.9. The number of aryl methyl sites for hydroxylation is 12. The van der Waals surface area contributed by atoms with E-state index in [-0.39, 0.29) is 20.1 Å². The van der Waals surface area contributed by atoms with Crippen LogP contribution in [0.5, 0.6) is 0 Å². The highest BCUT2D eigenvalue weighted by molar-refractivity contribution is 7.00. The summed E-state index contributed by atoms with van der Waals surface area (Å²) in [6, 6.07) is 45.6. The molecule has 0 aromatic heterocycles. The molecule has 0 aliphatic carbocycles. The van der Waals surface area contributed by atoms with Crippen LogP contribution in [0.3, 0.4) is 0 Å². The molecule has 0 radical (unpaired) electrons. The van der Waals surface area contributed by atoms with E-state index < -0.39 is 0 Å². The lowest BCUT2D eigenvalue weighted by Crippen LogP contribution is -2.61. The molecule has 0 unspecified atom stereocenters. The van der Waals surface area contributed by atoms with Crippen molar-refractivity contribution in [2.24, 2.45) is 0 Å². The molecule has 7 rings (SSSR count). The van der Waals surface area contributed by atoms with Crippen LogP contribution in [-0.2, 0) is 0 Å². The van der Waals surface area contributed by atoms with E-state index in [1.54, 1.807) is 0 Å². The lowest BCUT2D eigenvalue weighted by Gasteiger charge is -2.30. The summed E-state index contributed by atoms with van der Waals surface area (Å²) >= 11 is 0. The van der Waals surface area contributed by atoms with Crippen LogP contribution in [0.25, 0.3) is 0 Å². The third-order valence-electron chi connectivity index (χ3n) is 14.0. The second-order valence-electron chi connectivity index (χ2n) is 20.0. The van der Waals surface area contributed by atoms with E-state index in [0.717, 1.165) is 0 Å². The van der Waals surface area contributed by atoms with Crippen LogP contribution in [0, 0.1) is 83.1 Å². The van der Waals surface area contributed by atoms with Crippen molar-refractivity contribution in [1.82, 2.24) is 0 Å². The van der Waals surface area contributed by atoms with Crippen molar-refractivity contribution in [2.75, 3.05) is 0 Å². The van der Waals surface area contributed by atoms with Crippen molar-refractivity contribution < 1.29 is 0 Å². The van der Waals surface area contributed by atoms with Gasteiger partial charge >= 0.3 is 0 Å². The van der Waals surface area contributed by atoms with Gasteiger partial charge in [-0.3, -0.25) is 0 Å². The van der Waals surface area contributed by atoms with E-state index in [0.29, 0.717) is 11.8 Å². The second-order valence-corrected chi connectivity index (χ2v) is 20.0. The molecule has 0 bridgehead atoms. The first-order valence-electron chi connectivity index (χ1n) is 23.5. The quantitative estimate of drug-likeness (QED) is 0.114. The Balaban J connectivity index is 1.58. The standard InChI is InChI=1S/C60H69B3/c1-36(2)53-24-22-51(62(57-42(9)26-38(5)27-43(57)10)58-44(11)28-39(6)29-45(58)12)34-55(53)61(50-20-18-17-19-21-50)56-35-52(23-25-54(56)37(3)4)63(59-46(13)30-40(7)31-47(59)14)60-48(15)32-41(8)33-49(60)16/h17-37H,1-16H3. The van der Waals surface area contributed by atoms with Crippen LogP contribution in [0.2, 0.25) is 0 Å². The fraction of sp³-hybridized carbons (Fsp3) is 0.300. The zero-order valence-corrected chi connectivity index (χ0v) is 41.4. The van der Waals surface area contributed by atoms with Crippen molar-refractivity contribution >= 4 is 69.3 Å². The Hall–Kier alpha value is -5.27. The zero-order chi connectivity index (χ0) is 45.6. The number of benzene rings is 7. The Bertz CT molecular complexity index is 2440. The number of hydrogen-bond acceptors (Lipinski definition) is 0. The second kappa shape index (κ2) is 18.5. The van der Waals surface area contributed by atoms with Crippen molar-refractivity contribution in [2.45, 2.75) is 123 Å². The molecule has 318 valence electrons. The maximum Gasteiger partial charge on any atom is 0.242 e. The maximum atomic E-state index is 2.63. The molecular formula is C60H69B3. The van der Waals surface area contributed by atoms with Gasteiger partial charge in [-0.05, 0) is 94.9 Å². The Morgan fingerprint density at radius 1 is 0.286 bits per heavy atom. The van der Waals surface area contributed by atoms with Gasteiger partial charge in [0.1, 0.15) is 0 Å². The van der Waals surface area contributed by atoms with Crippen LogP contribution in [-0.4, -0.2) is 20.1 Å². The largest absolute Gasteiger partial charge is 0.242 e. The van der Waals surface area contributed by atoms with E-state index >= 15 is 0 Å². The molecule has 0 N–H and O–H groups in total. The third kappa shape index (κ3) is 9.09. The summed E-state index contributed by atoms with van der Waals surface area (Å²) in [6.45, 7) is 37.2. The summed E-state index contributed by atoms with van der Waals surface area (Å²) < 4.78 is 0. The van der Waals surface area contributed by atoms with Gasteiger partial charge in [0.05, 0.1) is 0 Å². The van der Waals surface area contributed by atoms with Gasteiger partial charge in [-0.2, -0.15) is 0 Å². The molecule has 0 fully saturated rings. The van der Waals surface area contributed by atoms with Gasteiger partial charge in [0, 0.05) is 0 Å². The normalized spacial score (nSPS) is 11.5. The molecule has 0 aliphatic heterocycles. The first-order valence-corrected chi connectivity index (χ1v) is 23.5. The Morgan fingerprint density at radius 2 is 0.556 bits per heavy atom. The minimum absolute atomic E-state index is 0.0167. The molecular weight excluding hydrogens is 753 g/mol. The van der Waals surface area contributed by atoms with Gasteiger partial charge in [0.25, 0.3) is 0 Å². The van der Waals surface area contributed by atoms with E-state index in [1.165, 1.54) is 127 Å². The van der Waals surface area contributed by atoms with Gasteiger partial charge in [0.2, 0.25) is 20.1 Å².